The number of carbonyl (C=O) groups excluding carboxylic acids is 3. The summed E-state index contributed by atoms with van der Waals surface area (Å²) >= 11 is 0. The average Bonchev–Trinajstić information content (AvgIpc) is 2.42. The van der Waals surface area contributed by atoms with Crippen molar-refractivity contribution in [2.24, 2.45) is 0 Å². The minimum atomic E-state index is -0.494. The van der Waals surface area contributed by atoms with Crippen LogP contribution >= 0.6 is 0 Å². The first-order valence-electron chi connectivity index (χ1n) is 7.17. The molecule has 0 spiro atoms. The third-order valence-corrected chi connectivity index (χ3v) is 3.48. The zero-order chi connectivity index (χ0) is 15.0. The summed E-state index contributed by atoms with van der Waals surface area (Å²) in [6.07, 6.45) is 6.04. The van der Waals surface area contributed by atoms with E-state index in [1.165, 1.54) is 11.9 Å². The van der Waals surface area contributed by atoms with Gasteiger partial charge in [-0.15, -0.1) is 0 Å². The lowest BCUT2D eigenvalue weighted by molar-refractivity contribution is -0.141. The molecule has 1 heterocycles. The Bertz CT molecular complexity index is 357. The van der Waals surface area contributed by atoms with Crippen molar-refractivity contribution in [2.75, 3.05) is 27.3 Å². The van der Waals surface area contributed by atoms with E-state index in [1.54, 1.807) is 7.11 Å². The number of imide groups is 2. The zero-order valence-corrected chi connectivity index (χ0v) is 12.4. The molecule has 0 aromatic rings. The lowest BCUT2D eigenvalue weighted by Gasteiger charge is -2.30. The van der Waals surface area contributed by atoms with Gasteiger partial charge in [-0.2, -0.15) is 0 Å². The van der Waals surface area contributed by atoms with Crippen LogP contribution in [0.5, 0.6) is 0 Å². The second-order valence-corrected chi connectivity index (χ2v) is 5.07. The summed E-state index contributed by atoms with van der Waals surface area (Å²) in [7, 11) is 3.12. The molecule has 0 aliphatic carbocycles. The van der Waals surface area contributed by atoms with Gasteiger partial charge in [0.25, 0.3) is 0 Å². The highest BCUT2D eigenvalue weighted by molar-refractivity contribution is 6.13. The summed E-state index contributed by atoms with van der Waals surface area (Å²) in [5.41, 5.74) is 0. The number of barbiturate groups is 1. The third-order valence-electron chi connectivity index (χ3n) is 3.48. The van der Waals surface area contributed by atoms with Gasteiger partial charge >= 0.3 is 6.03 Å². The van der Waals surface area contributed by atoms with Crippen LogP contribution in [0.4, 0.5) is 4.79 Å². The number of urea groups is 1. The fourth-order valence-corrected chi connectivity index (χ4v) is 2.18. The van der Waals surface area contributed by atoms with Crippen molar-refractivity contribution in [3.05, 3.63) is 0 Å². The van der Waals surface area contributed by atoms with E-state index in [9.17, 15) is 14.4 Å². The maximum atomic E-state index is 11.8. The minimum Gasteiger partial charge on any atom is -0.385 e. The van der Waals surface area contributed by atoms with Crippen LogP contribution in [0, 0.1) is 0 Å². The summed E-state index contributed by atoms with van der Waals surface area (Å²) in [5.74, 6) is -0.799. The van der Waals surface area contributed by atoms with Gasteiger partial charge in [0.15, 0.2) is 0 Å². The minimum absolute atomic E-state index is 0.195. The normalized spacial score (nSPS) is 16.2. The van der Waals surface area contributed by atoms with E-state index in [1.807, 2.05) is 0 Å². The van der Waals surface area contributed by atoms with Crippen molar-refractivity contribution >= 4 is 17.8 Å². The van der Waals surface area contributed by atoms with E-state index >= 15 is 0 Å². The summed E-state index contributed by atoms with van der Waals surface area (Å²) in [6.45, 7) is 1.21. The first-order valence-corrected chi connectivity index (χ1v) is 7.17. The van der Waals surface area contributed by atoms with Gasteiger partial charge in [-0.1, -0.05) is 25.7 Å². The zero-order valence-electron chi connectivity index (χ0n) is 12.4. The number of ether oxygens (including phenoxy) is 1. The van der Waals surface area contributed by atoms with Gasteiger partial charge < -0.3 is 4.74 Å². The summed E-state index contributed by atoms with van der Waals surface area (Å²) < 4.78 is 4.98. The predicted octanol–water partition coefficient (Wildman–Crippen LogP) is 1.78. The number of amides is 4. The molecule has 6 heteroatoms. The molecule has 6 nitrogen and oxygen atoms in total. The van der Waals surface area contributed by atoms with Gasteiger partial charge in [-0.3, -0.25) is 19.4 Å². The highest BCUT2D eigenvalue weighted by atomic mass is 16.5. The van der Waals surface area contributed by atoms with Gasteiger partial charge in [-0.05, 0) is 12.8 Å². The molecule has 0 aromatic carbocycles. The van der Waals surface area contributed by atoms with Gasteiger partial charge in [0.05, 0.1) is 0 Å². The number of hydrogen-bond donors (Lipinski definition) is 0. The second-order valence-electron chi connectivity index (χ2n) is 5.07. The van der Waals surface area contributed by atoms with Crippen LogP contribution in [0.15, 0.2) is 0 Å². The van der Waals surface area contributed by atoms with Crippen LogP contribution in [0.25, 0.3) is 0 Å². The van der Waals surface area contributed by atoms with Crippen molar-refractivity contribution < 1.29 is 19.1 Å². The van der Waals surface area contributed by atoms with Crippen molar-refractivity contribution in [1.82, 2.24) is 9.80 Å². The lowest BCUT2D eigenvalue weighted by atomic mass is 10.1. The number of hydrogen-bond acceptors (Lipinski definition) is 4. The van der Waals surface area contributed by atoms with Gasteiger partial charge in [0.2, 0.25) is 11.8 Å². The average molecular weight is 284 g/mol. The van der Waals surface area contributed by atoms with Crippen molar-refractivity contribution in [1.29, 1.82) is 0 Å². The first kappa shape index (κ1) is 16.6. The Balaban J connectivity index is 2.16. The number of rotatable bonds is 9. The topological polar surface area (TPSA) is 66.9 Å². The molecule has 0 aromatic heterocycles. The second kappa shape index (κ2) is 8.68. The van der Waals surface area contributed by atoms with Crippen molar-refractivity contribution in [3.8, 4) is 0 Å². The number of carbonyl (C=O) groups is 3. The monoisotopic (exact) mass is 284 g/mol. The first-order chi connectivity index (χ1) is 9.57. The summed E-state index contributed by atoms with van der Waals surface area (Å²) in [6, 6.07) is -0.494. The van der Waals surface area contributed by atoms with Gasteiger partial charge in [0.1, 0.15) is 6.42 Å². The molecule has 0 bridgehead atoms. The van der Waals surface area contributed by atoms with Gasteiger partial charge in [0, 0.05) is 27.3 Å². The van der Waals surface area contributed by atoms with Crippen LogP contribution in [0.2, 0.25) is 0 Å². The molecular formula is C14H24N2O4. The van der Waals surface area contributed by atoms with Crippen molar-refractivity contribution in [2.45, 2.75) is 44.9 Å². The predicted molar refractivity (Wildman–Crippen MR) is 74.1 cm³/mol. The van der Waals surface area contributed by atoms with Gasteiger partial charge in [-0.25, -0.2) is 4.79 Å². The lowest BCUT2D eigenvalue weighted by Crippen LogP contribution is -2.53. The Kier molecular flexibility index (Phi) is 7.22. The molecule has 0 N–H and O–H groups in total. The molecule has 0 unspecified atom stereocenters. The molecule has 4 amide bonds. The maximum Gasteiger partial charge on any atom is 0.333 e. The third kappa shape index (κ3) is 4.92. The van der Waals surface area contributed by atoms with Crippen LogP contribution in [-0.2, 0) is 14.3 Å². The molecule has 1 fully saturated rings. The molecule has 0 saturated carbocycles. The Hall–Kier alpha value is -1.43. The Morgan fingerprint density at radius 1 is 0.950 bits per heavy atom. The molecule has 114 valence electrons. The largest absolute Gasteiger partial charge is 0.385 e. The molecule has 0 radical (unpaired) electrons. The Morgan fingerprint density at radius 3 is 2.20 bits per heavy atom. The molecule has 1 aliphatic heterocycles. The van der Waals surface area contributed by atoms with E-state index in [2.05, 4.69) is 0 Å². The fourth-order valence-electron chi connectivity index (χ4n) is 2.18. The summed E-state index contributed by atoms with van der Waals surface area (Å²) in [4.78, 5) is 36.9. The fraction of sp³-hybridized carbons (Fsp3) is 0.786. The summed E-state index contributed by atoms with van der Waals surface area (Å²) in [5, 5.41) is 0. The SMILES string of the molecule is COCCCCCCCCN1C(=O)CC(=O)N(C)C1=O. The van der Waals surface area contributed by atoms with E-state index in [-0.39, 0.29) is 12.3 Å². The standard InChI is InChI=1S/C14H24N2O4/c1-15-12(17)11-13(18)16(14(15)19)9-7-5-3-4-6-8-10-20-2/h3-11H2,1-2H3. The van der Waals surface area contributed by atoms with Crippen LogP contribution in [0.1, 0.15) is 44.9 Å². The number of unbranched alkanes of at least 4 members (excludes halogenated alkanes) is 5. The van der Waals surface area contributed by atoms with Crippen molar-refractivity contribution in [3.63, 3.8) is 0 Å². The van der Waals surface area contributed by atoms with Crippen LogP contribution in [0.3, 0.4) is 0 Å². The van der Waals surface area contributed by atoms with Crippen LogP contribution in [-0.4, -0.2) is 55.0 Å². The van der Waals surface area contributed by atoms with E-state index in [0.29, 0.717) is 6.54 Å². The molecular weight excluding hydrogens is 260 g/mol. The molecule has 0 atom stereocenters. The highest BCUT2D eigenvalue weighted by Gasteiger charge is 2.34. The van der Waals surface area contributed by atoms with E-state index < -0.39 is 11.9 Å². The Morgan fingerprint density at radius 2 is 1.55 bits per heavy atom. The number of methoxy groups -OCH3 is 1. The van der Waals surface area contributed by atoms with Crippen LogP contribution < -0.4 is 0 Å². The van der Waals surface area contributed by atoms with E-state index in [4.69, 9.17) is 4.74 Å². The molecule has 1 saturated heterocycles. The maximum absolute atomic E-state index is 11.8. The molecule has 20 heavy (non-hydrogen) atoms. The number of nitrogens with zero attached hydrogens (tertiary/aromatic N) is 2. The molecule has 1 rings (SSSR count). The molecule has 1 aliphatic rings. The quantitative estimate of drug-likeness (QED) is 0.478. The Labute approximate surface area is 120 Å². The highest BCUT2D eigenvalue weighted by Crippen LogP contribution is 2.12. The van der Waals surface area contributed by atoms with E-state index in [0.717, 1.165) is 50.0 Å². The smallest absolute Gasteiger partial charge is 0.333 e.